The van der Waals surface area contributed by atoms with Crippen LogP contribution in [-0.4, -0.2) is 50.3 Å². The van der Waals surface area contributed by atoms with Gasteiger partial charge in [-0.3, -0.25) is 4.90 Å². The molecule has 0 spiro atoms. The molecule has 2 bridgehead atoms. The van der Waals surface area contributed by atoms with E-state index in [1.807, 2.05) is 23.1 Å². The summed E-state index contributed by atoms with van der Waals surface area (Å²) >= 11 is 0. The van der Waals surface area contributed by atoms with Crippen molar-refractivity contribution in [2.75, 3.05) is 6.61 Å². The number of carbonyl (C=O) groups excluding carboxylic acids is 1. The Hall–Kier alpha value is -4.26. The SMILES string of the molecule is O=C(OCC1c2ccccc2-c2ccccc21)N1C2C=C(c3ccccc3-c3nn[nH]n3)CC1CCC2. The number of aromatic amines is 1. The van der Waals surface area contributed by atoms with E-state index in [2.05, 4.69) is 81.3 Å². The fourth-order valence-corrected chi connectivity index (χ4v) is 6.42. The number of amides is 1. The van der Waals surface area contributed by atoms with Crippen molar-refractivity contribution >= 4 is 11.7 Å². The monoisotopic (exact) mass is 489 g/mol. The third-order valence-corrected chi connectivity index (χ3v) is 8.04. The van der Waals surface area contributed by atoms with Crippen molar-refractivity contribution in [3.05, 3.63) is 95.6 Å². The van der Waals surface area contributed by atoms with Crippen LogP contribution in [0.5, 0.6) is 0 Å². The molecular formula is C30H27N5O2. The highest BCUT2D eigenvalue weighted by atomic mass is 16.6. The quantitative estimate of drug-likeness (QED) is 0.390. The number of nitrogens with zero attached hydrogens (tertiary/aromatic N) is 4. The molecule has 3 heterocycles. The number of piperidine rings is 1. The second-order valence-corrected chi connectivity index (χ2v) is 10.0. The average Bonchev–Trinajstić information content (AvgIpc) is 3.58. The number of fused-ring (bicyclic) bond motifs is 5. The lowest BCUT2D eigenvalue weighted by Gasteiger charge is -2.44. The van der Waals surface area contributed by atoms with Crippen molar-refractivity contribution in [1.82, 2.24) is 25.5 Å². The van der Waals surface area contributed by atoms with Crippen molar-refractivity contribution in [3.8, 4) is 22.5 Å². The summed E-state index contributed by atoms with van der Waals surface area (Å²) < 4.78 is 6.06. The zero-order valence-electron chi connectivity index (χ0n) is 20.4. The van der Waals surface area contributed by atoms with Gasteiger partial charge in [-0.25, -0.2) is 4.79 Å². The molecule has 7 rings (SSSR count). The minimum Gasteiger partial charge on any atom is -0.448 e. The Morgan fingerprint density at radius 1 is 0.892 bits per heavy atom. The van der Waals surface area contributed by atoms with Gasteiger partial charge >= 0.3 is 6.09 Å². The van der Waals surface area contributed by atoms with Crippen molar-refractivity contribution in [1.29, 1.82) is 0 Å². The molecule has 1 saturated heterocycles. The molecule has 184 valence electrons. The maximum absolute atomic E-state index is 13.5. The van der Waals surface area contributed by atoms with Crippen molar-refractivity contribution in [2.24, 2.45) is 0 Å². The average molecular weight is 490 g/mol. The Balaban J connectivity index is 1.13. The number of hydrogen-bond acceptors (Lipinski definition) is 5. The van der Waals surface area contributed by atoms with E-state index in [4.69, 9.17) is 4.74 Å². The lowest BCUT2D eigenvalue weighted by Crippen LogP contribution is -2.51. The van der Waals surface area contributed by atoms with E-state index in [1.165, 1.54) is 27.8 Å². The van der Waals surface area contributed by atoms with Gasteiger partial charge in [0, 0.05) is 17.5 Å². The Bertz CT molecular complexity index is 1450. The number of carbonyl (C=O) groups is 1. The summed E-state index contributed by atoms with van der Waals surface area (Å²) in [5.41, 5.74) is 8.23. The second-order valence-electron chi connectivity index (χ2n) is 10.0. The molecule has 1 N–H and O–H groups in total. The molecule has 0 radical (unpaired) electrons. The smallest absolute Gasteiger partial charge is 0.410 e. The summed E-state index contributed by atoms with van der Waals surface area (Å²) in [7, 11) is 0. The Morgan fingerprint density at radius 2 is 1.57 bits per heavy atom. The molecule has 2 aliphatic heterocycles. The molecular weight excluding hydrogens is 462 g/mol. The standard InChI is InChI=1S/C30H27N5O2/c36-30(37-18-28-25-13-4-2-11-23(25)24-12-3-5-14-26(24)28)35-20-8-7-9-21(35)17-19(16-20)22-10-1-6-15-27(22)29-31-33-34-32-29/h1-6,10-16,20-21,28H,7-9,17-18H2,(H,31,32,33,34). The number of H-pyrrole nitrogens is 1. The number of tetrazole rings is 1. The molecule has 1 aromatic heterocycles. The summed E-state index contributed by atoms with van der Waals surface area (Å²) in [4.78, 5) is 15.5. The zero-order chi connectivity index (χ0) is 24.8. The lowest BCUT2D eigenvalue weighted by atomic mass is 9.82. The van der Waals surface area contributed by atoms with Gasteiger partial charge in [-0.15, -0.1) is 10.2 Å². The molecule has 4 aromatic rings. The van der Waals surface area contributed by atoms with E-state index in [0.717, 1.165) is 36.8 Å². The van der Waals surface area contributed by atoms with Crippen LogP contribution >= 0.6 is 0 Å². The Morgan fingerprint density at radius 3 is 2.24 bits per heavy atom. The normalized spacial score (nSPS) is 20.2. The van der Waals surface area contributed by atoms with Crippen LogP contribution in [0.15, 0.2) is 78.9 Å². The highest BCUT2D eigenvalue weighted by molar-refractivity contribution is 5.82. The zero-order valence-corrected chi connectivity index (χ0v) is 20.4. The summed E-state index contributed by atoms with van der Waals surface area (Å²) in [5.74, 6) is 0.648. The first-order chi connectivity index (χ1) is 18.3. The van der Waals surface area contributed by atoms with Crippen LogP contribution in [0.25, 0.3) is 28.1 Å². The first kappa shape index (κ1) is 22.0. The molecule has 1 fully saturated rings. The predicted molar refractivity (Wildman–Crippen MR) is 141 cm³/mol. The first-order valence-electron chi connectivity index (χ1n) is 12.9. The topological polar surface area (TPSA) is 84.0 Å². The van der Waals surface area contributed by atoms with Crippen LogP contribution < -0.4 is 0 Å². The van der Waals surface area contributed by atoms with Crippen LogP contribution in [-0.2, 0) is 4.74 Å². The third-order valence-electron chi connectivity index (χ3n) is 8.04. The van der Waals surface area contributed by atoms with Gasteiger partial charge < -0.3 is 4.74 Å². The van der Waals surface area contributed by atoms with E-state index in [1.54, 1.807) is 0 Å². The predicted octanol–water partition coefficient (Wildman–Crippen LogP) is 5.83. The largest absolute Gasteiger partial charge is 0.448 e. The van der Waals surface area contributed by atoms with Gasteiger partial charge in [0.15, 0.2) is 0 Å². The van der Waals surface area contributed by atoms with Crippen LogP contribution in [0.2, 0.25) is 0 Å². The van der Waals surface area contributed by atoms with Crippen LogP contribution in [0.3, 0.4) is 0 Å². The van der Waals surface area contributed by atoms with Gasteiger partial charge in [0.25, 0.3) is 0 Å². The summed E-state index contributed by atoms with van der Waals surface area (Å²) in [5, 5.41) is 14.7. The summed E-state index contributed by atoms with van der Waals surface area (Å²) in [6.07, 6.45) is 5.85. The van der Waals surface area contributed by atoms with Gasteiger partial charge in [0.05, 0.1) is 6.04 Å². The maximum Gasteiger partial charge on any atom is 0.410 e. The highest BCUT2D eigenvalue weighted by Crippen LogP contribution is 2.45. The lowest BCUT2D eigenvalue weighted by molar-refractivity contribution is 0.0539. The van der Waals surface area contributed by atoms with Crippen LogP contribution in [0.4, 0.5) is 4.79 Å². The van der Waals surface area contributed by atoms with E-state index < -0.39 is 0 Å². The van der Waals surface area contributed by atoms with Gasteiger partial charge in [-0.1, -0.05) is 78.9 Å². The number of rotatable bonds is 4. The minimum atomic E-state index is -0.210. The number of aromatic nitrogens is 4. The van der Waals surface area contributed by atoms with Gasteiger partial charge in [0.2, 0.25) is 5.82 Å². The van der Waals surface area contributed by atoms with E-state index in [9.17, 15) is 4.79 Å². The number of ether oxygens (including phenoxy) is 1. The summed E-state index contributed by atoms with van der Waals surface area (Å²) in [6.45, 7) is 0.347. The van der Waals surface area contributed by atoms with Crippen molar-refractivity contribution in [2.45, 2.75) is 43.7 Å². The van der Waals surface area contributed by atoms with E-state index in [0.29, 0.717) is 12.4 Å². The van der Waals surface area contributed by atoms with Crippen molar-refractivity contribution in [3.63, 3.8) is 0 Å². The molecule has 0 saturated carbocycles. The minimum absolute atomic E-state index is 0.0245. The molecule has 3 aromatic carbocycles. The Kier molecular flexibility index (Phi) is 5.34. The molecule has 2 unspecified atom stereocenters. The molecule has 7 heteroatoms. The number of nitrogens with one attached hydrogen (secondary N) is 1. The van der Waals surface area contributed by atoms with Gasteiger partial charge in [-0.2, -0.15) is 5.21 Å². The third kappa shape index (κ3) is 3.73. The fourth-order valence-electron chi connectivity index (χ4n) is 6.42. The number of hydrogen-bond donors (Lipinski definition) is 1. The molecule has 1 amide bonds. The van der Waals surface area contributed by atoms with Gasteiger partial charge in [0.1, 0.15) is 6.61 Å². The second kappa shape index (κ2) is 9.00. The molecule has 1 aliphatic carbocycles. The van der Waals surface area contributed by atoms with E-state index in [-0.39, 0.29) is 24.1 Å². The maximum atomic E-state index is 13.5. The van der Waals surface area contributed by atoms with Gasteiger partial charge in [-0.05, 0) is 64.3 Å². The summed E-state index contributed by atoms with van der Waals surface area (Å²) in [6, 6.07) is 25.2. The molecule has 37 heavy (non-hydrogen) atoms. The van der Waals surface area contributed by atoms with E-state index >= 15 is 0 Å². The molecule has 7 nitrogen and oxygen atoms in total. The molecule has 2 atom stereocenters. The Labute approximate surface area is 215 Å². The van der Waals surface area contributed by atoms with Crippen molar-refractivity contribution < 1.29 is 9.53 Å². The first-order valence-corrected chi connectivity index (χ1v) is 12.9. The highest BCUT2D eigenvalue weighted by Gasteiger charge is 2.39. The molecule has 3 aliphatic rings. The van der Waals surface area contributed by atoms with Crippen LogP contribution in [0.1, 0.15) is 48.3 Å². The van der Waals surface area contributed by atoms with Crippen LogP contribution in [0, 0.1) is 0 Å². The number of benzene rings is 3. The fraction of sp³-hybridized carbons (Fsp3) is 0.267.